The van der Waals surface area contributed by atoms with Gasteiger partial charge in [0.15, 0.2) is 0 Å². The second-order valence-corrected chi connectivity index (χ2v) is 5.14. The standard InChI is InChI=1S/C14H20N2O2/c1-10-4-2-3-5-11(10)8-15-13-7-6-12(9-16-13)14(17)18/h6-7,9-11H,2-5,8H2,1H3,(H,15,16)(H,17,18). The molecule has 0 aliphatic heterocycles. The number of anilines is 1. The Kier molecular flexibility index (Phi) is 4.18. The summed E-state index contributed by atoms with van der Waals surface area (Å²) in [7, 11) is 0. The van der Waals surface area contributed by atoms with Gasteiger partial charge in [0, 0.05) is 12.7 Å². The van der Waals surface area contributed by atoms with Gasteiger partial charge in [0.05, 0.1) is 5.56 Å². The third-order valence-electron chi connectivity index (χ3n) is 3.84. The van der Waals surface area contributed by atoms with E-state index < -0.39 is 5.97 Å². The Balaban J connectivity index is 1.87. The van der Waals surface area contributed by atoms with E-state index in [4.69, 9.17) is 5.11 Å². The van der Waals surface area contributed by atoms with E-state index in [1.807, 2.05) is 0 Å². The summed E-state index contributed by atoms with van der Waals surface area (Å²) in [6.07, 6.45) is 6.67. The van der Waals surface area contributed by atoms with E-state index in [1.165, 1.54) is 31.9 Å². The fraction of sp³-hybridized carbons (Fsp3) is 0.571. The Morgan fingerprint density at radius 2 is 2.22 bits per heavy atom. The molecule has 2 rings (SSSR count). The van der Waals surface area contributed by atoms with Crippen molar-refractivity contribution in [3.05, 3.63) is 23.9 Å². The van der Waals surface area contributed by atoms with Crippen molar-refractivity contribution in [3.8, 4) is 0 Å². The van der Waals surface area contributed by atoms with Crippen molar-refractivity contribution in [2.24, 2.45) is 11.8 Å². The quantitative estimate of drug-likeness (QED) is 0.859. The Bertz CT molecular complexity index is 403. The molecule has 0 spiro atoms. The molecule has 1 saturated carbocycles. The average molecular weight is 248 g/mol. The summed E-state index contributed by atoms with van der Waals surface area (Å²) in [4.78, 5) is 14.8. The van der Waals surface area contributed by atoms with E-state index in [0.717, 1.165) is 18.3 Å². The van der Waals surface area contributed by atoms with Crippen LogP contribution in [0.4, 0.5) is 5.82 Å². The van der Waals surface area contributed by atoms with Crippen molar-refractivity contribution in [2.75, 3.05) is 11.9 Å². The predicted molar refractivity (Wildman–Crippen MR) is 70.8 cm³/mol. The number of aromatic carboxylic acids is 1. The van der Waals surface area contributed by atoms with Crippen LogP contribution >= 0.6 is 0 Å². The molecule has 1 fully saturated rings. The van der Waals surface area contributed by atoms with Gasteiger partial charge in [0.25, 0.3) is 0 Å². The molecule has 0 aromatic carbocycles. The zero-order valence-corrected chi connectivity index (χ0v) is 10.7. The van der Waals surface area contributed by atoms with Gasteiger partial charge in [0.2, 0.25) is 0 Å². The average Bonchev–Trinajstić information content (AvgIpc) is 2.38. The number of rotatable bonds is 4. The van der Waals surface area contributed by atoms with Crippen LogP contribution in [0.5, 0.6) is 0 Å². The minimum atomic E-state index is -0.935. The molecule has 98 valence electrons. The fourth-order valence-electron chi connectivity index (χ4n) is 2.56. The van der Waals surface area contributed by atoms with Gasteiger partial charge < -0.3 is 10.4 Å². The van der Waals surface area contributed by atoms with Crippen molar-refractivity contribution in [1.82, 2.24) is 4.98 Å². The summed E-state index contributed by atoms with van der Waals surface area (Å²) >= 11 is 0. The number of carbonyl (C=O) groups is 1. The van der Waals surface area contributed by atoms with E-state index >= 15 is 0 Å². The third kappa shape index (κ3) is 3.22. The summed E-state index contributed by atoms with van der Waals surface area (Å²) < 4.78 is 0. The topological polar surface area (TPSA) is 62.2 Å². The largest absolute Gasteiger partial charge is 0.478 e. The molecule has 2 N–H and O–H groups in total. The number of aromatic nitrogens is 1. The minimum absolute atomic E-state index is 0.228. The van der Waals surface area contributed by atoms with Gasteiger partial charge in [-0.2, -0.15) is 0 Å². The fourth-order valence-corrected chi connectivity index (χ4v) is 2.56. The number of nitrogens with one attached hydrogen (secondary N) is 1. The predicted octanol–water partition coefficient (Wildman–Crippen LogP) is 3.02. The number of pyridine rings is 1. The normalized spacial score (nSPS) is 23.6. The highest BCUT2D eigenvalue weighted by molar-refractivity contribution is 5.87. The molecular weight excluding hydrogens is 228 g/mol. The van der Waals surface area contributed by atoms with Crippen LogP contribution in [0.2, 0.25) is 0 Å². The Morgan fingerprint density at radius 3 is 2.83 bits per heavy atom. The summed E-state index contributed by atoms with van der Waals surface area (Å²) in [5.41, 5.74) is 0.228. The van der Waals surface area contributed by atoms with Crippen LogP contribution in [0.1, 0.15) is 43.0 Å². The van der Waals surface area contributed by atoms with E-state index in [-0.39, 0.29) is 5.56 Å². The molecule has 0 saturated heterocycles. The Morgan fingerprint density at radius 1 is 1.44 bits per heavy atom. The molecule has 4 heteroatoms. The van der Waals surface area contributed by atoms with Crippen molar-refractivity contribution in [2.45, 2.75) is 32.6 Å². The lowest BCUT2D eigenvalue weighted by Gasteiger charge is -2.28. The number of carboxylic acids is 1. The van der Waals surface area contributed by atoms with Crippen LogP contribution in [0, 0.1) is 11.8 Å². The van der Waals surface area contributed by atoms with E-state index in [2.05, 4.69) is 17.2 Å². The first-order chi connectivity index (χ1) is 8.66. The molecule has 0 bridgehead atoms. The van der Waals surface area contributed by atoms with Crippen LogP contribution in [-0.2, 0) is 0 Å². The van der Waals surface area contributed by atoms with Gasteiger partial charge >= 0.3 is 5.97 Å². The summed E-state index contributed by atoms with van der Waals surface area (Å²) in [6.45, 7) is 3.24. The monoisotopic (exact) mass is 248 g/mol. The summed E-state index contributed by atoms with van der Waals surface area (Å²) in [6, 6.07) is 3.32. The number of hydrogen-bond donors (Lipinski definition) is 2. The molecular formula is C14H20N2O2. The highest BCUT2D eigenvalue weighted by Gasteiger charge is 2.20. The van der Waals surface area contributed by atoms with Crippen molar-refractivity contribution in [3.63, 3.8) is 0 Å². The molecule has 1 aromatic rings. The van der Waals surface area contributed by atoms with E-state index in [1.54, 1.807) is 12.1 Å². The lowest BCUT2D eigenvalue weighted by molar-refractivity contribution is 0.0696. The molecule has 1 aliphatic carbocycles. The van der Waals surface area contributed by atoms with Crippen LogP contribution in [0.3, 0.4) is 0 Å². The number of nitrogens with zero attached hydrogens (tertiary/aromatic N) is 1. The number of hydrogen-bond acceptors (Lipinski definition) is 3. The van der Waals surface area contributed by atoms with Gasteiger partial charge in [-0.25, -0.2) is 9.78 Å². The van der Waals surface area contributed by atoms with Gasteiger partial charge in [-0.3, -0.25) is 0 Å². The molecule has 4 nitrogen and oxygen atoms in total. The van der Waals surface area contributed by atoms with Crippen LogP contribution < -0.4 is 5.32 Å². The summed E-state index contributed by atoms with van der Waals surface area (Å²) in [5, 5.41) is 12.1. The van der Waals surface area contributed by atoms with Gasteiger partial charge in [0.1, 0.15) is 5.82 Å². The molecule has 1 heterocycles. The summed E-state index contributed by atoms with van der Waals surface area (Å²) in [5.74, 6) is 1.30. The van der Waals surface area contributed by atoms with Crippen molar-refractivity contribution < 1.29 is 9.90 Å². The molecule has 0 radical (unpaired) electrons. The van der Waals surface area contributed by atoms with Crippen molar-refractivity contribution >= 4 is 11.8 Å². The maximum atomic E-state index is 10.7. The third-order valence-corrected chi connectivity index (χ3v) is 3.84. The minimum Gasteiger partial charge on any atom is -0.478 e. The van der Waals surface area contributed by atoms with Gasteiger partial charge in [-0.15, -0.1) is 0 Å². The van der Waals surface area contributed by atoms with Crippen LogP contribution in [0.15, 0.2) is 18.3 Å². The maximum Gasteiger partial charge on any atom is 0.337 e. The van der Waals surface area contributed by atoms with Crippen molar-refractivity contribution in [1.29, 1.82) is 0 Å². The lowest BCUT2D eigenvalue weighted by atomic mass is 9.80. The van der Waals surface area contributed by atoms with E-state index in [9.17, 15) is 4.79 Å². The van der Waals surface area contributed by atoms with Gasteiger partial charge in [-0.05, 0) is 30.4 Å². The second-order valence-electron chi connectivity index (χ2n) is 5.14. The maximum absolute atomic E-state index is 10.7. The Labute approximate surface area is 107 Å². The first-order valence-electron chi connectivity index (χ1n) is 6.60. The first-order valence-corrected chi connectivity index (χ1v) is 6.60. The second kappa shape index (κ2) is 5.85. The van der Waals surface area contributed by atoms with Gasteiger partial charge in [-0.1, -0.05) is 26.2 Å². The lowest BCUT2D eigenvalue weighted by Crippen LogP contribution is -2.24. The molecule has 2 atom stereocenters. The van der Waals surface area contributed by atoms with E-state index in [0.29, 0.717) is 5.92 Å². The number of carboxylic acid groups (broad SMARTS) is 1. The van der Waals surface area contributed by atoms with Crippen LogP contribution in [0.25, 0.3) is 0 Å². The van der Waals surface area contributed by atoms with Crippen LogP contribution in [-0.4, -0.2) is 22.6 Å². The smallest absolute Gasteiger partial charge is 0.337 e. The SMILES string of the molecule is CC1CCCCC1CNc1ccc(C(=O)O)cn1. The zero-order valence-electron chi connectivity index (χ0n) is 10.7. The molecule has 1 aliphatic rings. The Hall–Kier alpha value is -1.58. The first kappa shape index (κ1) is 12.9. The highest BCUT2D eigenvalue weighted by Crippen LogP contribution is 2.29. The molecule has 18 heavy (non-hydrogen) atoms. The zero-order chi connectivity index (χ0) is 13.0. The molecule has 0 amide bonds. The highest BCUT2D eigenvalue weighted by atomic mass is 16.4. The molecule has 1 aromatic heterocycles. The molecule has 2 unspecified atom stereocenters.